The number of aliphatic carboxylic acids is 3. The molecule has 0 heterocycles. The van der Waals surface area contributed by atoms with Gasteiger partial charge in [-0.3, -0.25) is 14.4 Å². The predicted octanol–water partition coefficient (Wildman–Crippen LogP) is -2.19. The second-order valence-corrected chi connectivity index (χ2v) is 1.37. The van der Waals surface area contributed by atoms with Crippen molar-refractivity contribution in [2.24, 2.45) is 0 Å². The summed E-state index contributed by atoms with van der Waals surface area (Å²) in [7, 11) is 0. The summed E-state index contributed by atoms with van der Waals surface area (Å²) < 4.78 is 0. The molecular formula is C6H6O9Sm. The summed E-state index contributed by atoms with van der Waals surface area (Å²) in [5.41, 5.74) is 0. The van der Waals surface area contributed by atoms with E-state index < -0.39 is 17.9 Å². The first kappa shape index (κ1) is 24.1. The third-order valence-corrected chi connectivity index (χ3v) is 0.302. The zero-order valence-electron chi connectivity index (χ0n) is 7.43. The molecule has 0 aliphatic heterocycles. The fourth-order valence-corrected chi connectivity index (χ4v) is 0. The molecule has 0 saturated heterocycles. The van der Waals surface area contributed by atoms with Crippen molar-refractivity contribution >= 4 is 36.8 Å². The van der Waals surface area contributed by atoms with E-state index in [1.165, 1.54) is 0 Å². The molecule has 9 nitrogen and oxygen atoms in total. The predicted molar refractivity (Wildman–Crippen MR) is 41.1 cm³/mol. The van der Waals surface area contributed by atoms with Gasteiger partial charge in [-0.2, -0.15) is 0 Å². The van der Waals surface area contributed by atoms with Gasteiger partial charge in [0.2, 0.25) is 18.9 Å². The number of carbonyl (C=O) groups excluding carboxylic acids is 3. The molecule has 0 atom stereocenters. The second-order valence-electron chi connectivity index (χ2n) is 1.37. The summed E-state index contributed by atoms with van der Waals surface area (Å²) in [4.78, 5) is 53.7. The number of hydrogen-bond donors (Lipinski definition) is 3. The van der Waals surface area contributed by atoms with E-state index in [0.29, 0.717) is 0 Å². The Kier molecular flexibility index (Phi) is 29.2. The molecule has 0 fully saturated rings. The Hall–Kier alpha value is -1.24. The first-order valence-electron chi connectivity index (χ1n) is 2.86. The third kappa shape index (κ3) is 77.9. The van der Waals surface area contributed by atoms with Crippen LogP contribution in [0.25, 0.3) is 0 Å². The molecule has 3 N–H and O–H groups in total. The van der Waals surface area contributed by atoms with Crippen molar-refractivity contribution in [3.05, 3.63) is 0 Å². The van der Waals surface area contributed by atoms with Crippen LogP contribution < -0.4 is 0 Å². The van der Waals surface area contributed by atoms with E-state index in [1.54, 1.807) is 0 Å². The smallest absolute Gasteiger partial charge is 0.368 e. The fourth-order valence-electron chi connectivity index (χ4n) is 0. The SMILES string of the molecule is O=CC(=O)O.O=CC(=O)O.O=CC(=O)O.[Sm]. The van der Waals surface area contributed by atoms with Gasteiger partial charge in [-0.1, -0.05) is 0 Å². The van der Waals surface area contributed by atoms with Crippen molar-refractivity contribution in [3.63, 3.8) is 0 Å². The van der Waals surface area contributed by atoms with Gasteiger partial charge in [0, 0.05) is 40.4 Å². The molecule has 0 aromatic heterocycles. The van der Waals surface area contributed by atoms with Crippen LogP contribution in [0, 0.1) is 40.4 Å². The first-order chi connectivity index (χ1) is 6.81. The monoisotopic (exact) mass is 374 g/mol. The van der Waals surface area contributed by atoms with Crippen molar-refractivity contribution < 1.29 is 84.5 Å². The fraction of sp³-hybridized carbons (Fsp3) is 0. The van der Waals surface area contributed by atoms with E-state index in [4.69, 9.17) is 44.1 Å². The molecule has 0 bridgehead atoms. The molecule has 0 unspecified atom stereocenters. The van der Waals surface area contributed by atoms with Crippen LogP contribution in [0.1, 0.15) is 0 Å². The zero-order chi connectivity index (χ0) is 12.9. The van der Waals surface area contributed by atoms with Crippen LogP contribution in [0.2, 0.25) is 0 Å². The molecule has 0 aliphatic carbocycles. The normalized spacial score (nSPS) is 6.00. The van der Waals surface area contributed by atoms with Crippen LogP contribution in [-0.2, 0) is 28.8 Å². The van der Waals surface area contributed by atoms with Gasteiger partial charge in [0.25, 0.3) is 0 Å². The molecule has 90 valence electrons. The average Bonchev–Trinajstić information content (AvgIpc) is 2.19. The number of aldehydes is 3. The molecule has 0 amide bonds. The Balaban J connectivity index is -0.0000000655. The van der Waals surface area contributed by atoms with E-state index in [9.17, 15) is 0 Å². The van der Waals surface area contributed by atoms with Crippen LogP contribution >= 0.6 is 0 Å². The van der Waals surface area contributed by atoms with Crippen LogP contribution in [0.15, 0.2) is 0 Å². The zero-order valence-corrected chi connectivity index (χ0v) is 10.1. The van der Waals surface area contributed by atoms with Crippen molar-refractivity contribution in [3.8, 4) is 0 Å². The molecule has 0 rings (SSSR count). The number of rotatable bonds is 3. The Morgan fingerprint density at radius 1 is 0.625 bits per heavy atom. The van der Waals surface area contributed by atoms with Crippen LogP contribution in [-0.4, -0.2) is 52.1 Å². The molecule has 0 radical (unpaired) electrons. The van der Waals surface area contributed by atoms with Crippen molar-refractivity contribution in [1.29, 1.82) is 0 Å². The van der Waals surface area contributed by atoms with Gasteiger partial charge in [0.15, 0.2) is 0 Å². The van der Waals surface area contributed by atoms with E-state index in [2.05, 4.69) is 0 Å². The minimum atomic E-state index is -1.43. The van der Waals surface area contributed by atoms with Crippen LogP contribution in [0.5, 0.6) is 0 Å². The van der Waals surface area contributed by atoms with Crippen LogP contribution in [0.4, 0.5) is 0 Å². The summed E-state index contributed by atoms with van der Waals surface area (Å²) in [5, 5.41) is 22.1. The van der Waals surface area contributed by atoms with Gasteiger partial charge in [0.1, 0.15) is 0 Å². The largest absolute Gasteiger partial charge is 0.476 e. The summed E-state index contributed by atoms with van der Waals surface area (Å²) >= 11 is 0. The van der Waals surface area contributed by atoms with E-state index >= 15 is 0 Å². The van der Waals surface area contributed by atoms with Gasteiger partial charge in [0.05, 0.1) is 0 Å². The minimum Gasteiger partial charge on any atom is -0.476 e. The maximum atomic E-state index is 9.00. The Labute approximate surface area is 121 Å². The van der Waals surface area contributed by atoms with Crippen molar-refractivity contribution in [2.75, 3.05) is 0 Å². The quantitative estimate of drug-likeness (QED) is 0.369. The van der Waals surface area contributed by atoms with E-state index in [-0.39, 0.29) is 59.2 Å². The Morgan fingerprint density at radius 3 is 0.688 bits per heavy atom. The summed E-state index contributed by atoms with van der Waals surface area (Å²) in [6.45, 7) is 0. The summed E-state index contributed by atoms with van der Waals surface area (Å²) in [5.74, 6) is -4.28. The van der Waals surface area contributed by atoms with Crippen molar-refractivity contribution in [2.45, 2.75) is 0 Å². The summed E-state index contributed by atoms with van der Waals surface area (Å²) in [6, 6.07) is 0. The Morgan fingerprint density at radius 2 is 0.688 bits per heavy atom. The van der Waals surface area contributed by atoms with Gasteiger partial charge in [-0.25, -0.2) is 14.4 Å². The molecule has 0 aromatic carbocycles. The van der Waals surface area contributed by atoms with Crippen LogP contribution in [0.3, 0.4) is 0 Å². The molecular weight excluding hydrogens is 366 g/mol. The number of carbonyl (C=O) groups is 6. The van der Waals surface area contributed by atoms with E-state index in [1.807, 2.05) is 0 Å². The molecule has 10 heteroatoms. The topological polar surface area (TPSA) is 163 Å². The number of carboxylic acid groups (broad SMARTS) is 3. The van der Waals surface area contributed by atoms with Gasteiger partial charge in [-0.05, 0) is 0 Å². The Bertz CT molecular complexity index is 216. The van der Waals surface area contributed by atoms with Crippen molar-refractivity contribution in [1.82, 2.24) is 0 Å². The molecule has 0 spiro atoms. The molecule has 0 aliphatic rings. The average molecular weight is 372 g/mol. The van der Waals surface area contributed by atoms with E-state index in [0.717, 1.165) is 0 Å². The second kappa shape index (κ2) is 19.3. The first-order valence-corrected chi connectivity index (χ1v) is 2.86. The standard InChI is InChI=1S/3C2H2O3.Sm/c3*3-1-2(4)5;/h3*1H,(H,4,5);. The number of carboxylic acids is 3. The minimum absolute atomic E-state index is 0. The molecule has 16 heavy (non-hydrogen) atoms. The number of hydrogen-bond acceptors (Lipinski definition) is 6. The maximum Gasteiger partial charge on any atom is 0.368 e. The van der Waals surface area contributed by atoms with Gasteiger partial charge >= 0.3 is 17.9 Å². The maximum absolute atomic E-state index is 9.00. The van der Waals surface area contributed by atoms with Gasteiger partial charge in [-0.15, -0.1) is 0 Å². The summed E-state index contributed by atoms with van der Waals surface area (Å²) in [6.07, 6.45) is -0.500. The van der Waals surface area contributed by atoms with Gasteiger partial charge < -0.3 is 15.3 Å². The molecule has 0 saturated carbocycles. The molecule has 0 aromatic rings. The third-order valence-electron chi connectivity index (χ3n) is 0.302.